The van der Waals surface area contributed by atoms with Crippen molar-refractivity contribution in [2.24, 2.45) is 0 Å². The summed E-state index contributed by atoms with van der Waals surface area (Å²) in [5, 5.41) is 13.1. The van der Waals surface area contributed by atoms with Gasteiger partial charge >= 0.3 is 6.09 Å². The number of amides is 1. The van der Waals surface area contributed by atoms with Gasteiger partial charge in [-0.3, -0.25) is 10.1 Å². The SMILES string of the molecule is O=C(NCC#Cc1cccc([N+](=O)[O-])c1)OCc1ccccc1. The van der Waals surface area contributed by atoms with E-state index in [9.17, 15) is 14.9 Å². The largest absolute Gasteiger partial charge is 0.445 e. The lowest BCUT2D eigenvalue weighted by Gasteiger charge is -2.04. The van der Waals surface area contributed by atoms with Gasteiger partial charge in [-0.25, -0.2) is 4.79 Å². The van der Waals surface area contributed by atoms with Crippen LogP contribution in [0.25, 0.3) is 0 Å². The zero-order valence-electron chi connectivity index (χ0n) is 12.2. The summed E-state index contributed by atoms with van der Waals surface area (Å²) in [5.41, 5.74) is 1.39. The van der Waals surface area contributed by atoms with E-state index in [2.05, 4.69) is 17.2 Å². The highest BCUT2D eigenvalue weighted by Crippen LogP contribution is 2.11. The molecule has 0 aromatic heterocycles. The molecule has 6 heteroatoms. The van der Waals surface area contributed by atoms with Crippen LogP contribution in [-0.4, -0.2) is 17.6 Å². The van der Waals surface area contributed by atoms with Gasteiger partial charge in [-0.2, -0.15) is 0 Å². The van der Waals surface area contributed by atoms with Gasteiger partial charge in [0.2, 0.25) is 0 Å². The number of carbonyl (C=O) groups is 1. The minimum Gasteiger partial charge on any atom is -0.445 e. The molecule has 0 bridgehead atoms. The van der Waals surface area contributed by atoms with Crippen LogP contribution in [0.1, 0.15) is 11.1 Å². The number of nitrogens with zero attached hydrogens (tertiary/aromatic N) is 1. The van der Waals surface area contributed by atoms with Crippen LogP contribution >= 0.6 is 0 Å². The molecule has 0 aliphatic carbocycles. The van der Waals surface area contributed by atoms with Crippen molar-refractivity contribution in [3.8, 4) is 11.8 Å². The van der Waals surface area contributed by atoms with Crippen LogP contribution in [-0.2, 0) is 11.3 Å². The molecule has 1 N–H and O–H groups in total. The fraction of sp³-hybridized carbons (Fsp3) is 0.118. The van der Waals surface area contributed by atoms with E-state index in [0.717, 1.165) is 5.56 Å². The summed E-state index contributed by atoms with van der Waals surface area (Å²) in [6.07, 6.45) is -0.567. The molecule has 0 atom stereocenters. The van der Waals surface area contributed by atoms with Gasteiger partial charge in [0.25, 0.3) is 5.69 Å². The van der Waals surface area contributed by atoms with Crippen LogP contribution in [0.5, 0.6) is 0 Å². The van der Waals surface area contributed by atoms with E-state index in [1.165, 1.54) is 12.1 Å². The van der Waals surface area contributed by atoms with Crippen LogP contribution < -0.4 is 5.32 Å². The summed E-state index contributed by atoms with van der Waals surface area (Å²) in [6.45, 7) is 0.279. The fourth-order valence-electron chi connectivity index (χ4n) is 1.73. The number of hydrogen-bond acceptors (Lipinski definition) is 4. The number of nitrogens with one attached hydrogen (secondary N) is 1. The number of non-ortho nitro benzene ring substituents is 1. The molecule has 2 aromatic rings. The van der Waals surface area contributed by atoms with Gasteiger partial charge in [0.15, 0.2) is 0 Å². The summed E-state index contributed by atoms with van der Waals surface area (Å²) in [6, 6.07) is 15.3. The molecular formula is C17H14N2O4. The van der Waals surface area contributed by atoms with Crippen LogP contribution in [0.2, 0.25) is 0 Å². The summed E-state index contributed by atoms with van der Waals surface area (Å²) in [4.78, 5) is 21.6. The number of ether oxygens (including phenoxy) is 1. The molecule has 0 aliphatic rings. The Labute approximate surface area is 133 Å². The first-order valence-electron chi connectivity index (χ1n) is 6.83. The predicted molar refractivity (Wildman–Crippen MR) is 84.6 cm³/mol. The molecule has 2 rings (SSSR count). The predicted octanol–water partition coefficient (Wildman–Crippen LogP) is 2.87. The maximum absolute atomic E-state index is 11.5. The molecule has 116 valence electrons. The summed E-state index contributed by atoms with van der Waals surface area (Å²) >= 11 is 0. The van der Waals surface area contributed by atoms with Crippen molar-refractivity contribution in [2.75, 3.05) is 6.54 Å². The van der Waals surface area contributed by atoms with Crippen LogP contribution in [0.3, 0.4) is 0 Å². The molecule has 0 radical (unpaired) electrons. The van der Waals surface area contributed by atoms with E-state index >= 15 is 0 Å². The van der Waals surface area contributed by atoms with Gasteiger partial charge in [-0.15, -0.1) is 0 Å². The molecule has 0 saturated heterocycles. The second-order valence-electron chi connectivity index (χ2n) is 4.52. The normalized spacial score (nSPS) is 9.39. The molecule has 0 fully saturated rings. The zero-order valence-corrected chi connectivity index (χ0v) is 12.2. The third kappa shape index (κ3) is 5.52. The molecule has 2 aromatic carbocycles. The van der Waals surface area contributed by atoms with E-state index in [-0.39, 0.29) is 18.8 Å². The van der Waals surface area contributed by atoms with Crippen LogP contribution in [0.15, 0.2) is 54.6 Å². The minimum atomic E-state index is -0.567. The van der Waals surface area contributed by atoms with E-state index in [1.54, 1.807) is 12.1 Å². The van der Waals surface area contributed by atoms with Crippen LogP contribution in [0, 0.1) is 22.0 Å². The standard InChI is InChI=1S/C17H14N2O4/c20-17(23-13-15-6-2-1-3-7-15)18-11-5-9-14-8-4-10-16(12-14)19(21)22/h1-4,6-8,10,12H,11,13H2,(H,18,20). The second-order valence-corrected chi connectivity index (χ2v) is 4.52. The van der Waals surface area contributed by atoms with Gasteiger partial charge in [0.1, 0.15) is 6.61 Å². The number of hydrogen-bond donors (Lipinski definition) is 1. The molecule has 0 saturated carbocycles. The number of carbonyl (C=O) groups excluding carboxylic acids is 1. The number of benzene rings is 2. The zero-order chi connectivity index (χ0) is 16.5. The van der Waals surface area contributed by atoms with Gasteiger partial charge in [0.05, 0.1) is 11.5 Å². The van der Waals surface area contributed by atoms with E-state index in [0.29, 0.717) is 5.56 Å². The molecule has 23 heavy (non-hydrogen) atoms. The third-order valence-corrected chi connectivity index (χ3v) is 2.82. The summed E-state index contributed by atoms with van der Waals surface area (Å²) < 4.78 is 5.02. The maximum Gasteiger partial charge on any atom is 0.408 e. The molecule has 1 amide bonds. The first-order chi connectivity index (χ1) is 11.1. The Morgan fingerprint density at radius 2 is 1.96 bits per heavy atom. The Balaban J connectivity index is 1.78. The molecule has 6 nitrogen and oxygen atoms in total. The topological polar surface area (TPSA) is 81.5 Å². The maximum atomic E-state index is 11.5. The highest BCUT2D eigenvalue weighted by Gasteiger charge is 2.04. The van der Waals surface area contributed by atoms with Crippen molar-refractivity contribution in [3.05, 3.63) is 75.8 Å². The Morgan fingerprint density at radius 1 is 1.17 bits per heavy atom. The van der Waals surface area contributed by atoms with Crippen molar-refractivity contribution in [2.45, 2.75) is 6.61 Å². The highest BCUT2D eigenvalue weighted by molar-refractivity contribution is 5.67. The average Bonchev–Trinajstić information content (AvgIpc) is 2.58. The summed E-state index contributed by atoms with van der Waals surface area (Å²) in [5.74, 6) is 5.46. The monoisotopic (exact) mass is 310 g/mol. The second kappa shape index (κ2) is 8.20. The Morgan fingerprint density at radius 3 is 2.70 bits per heavy atom. The Hall–Kier alpha value is -3.33. The van der Waals surface area contributed by atoms with Gasteiger partial charge in [0, 0.05) is 17.7 Å². The van der Waals surface area contributed by atoms with E-state index in [4.69, 9.17) is 4.74 Å². The molecule has 0 aliphatic heterocycles. The Kier molecular flexibility index (Phi) is 5.72. The number of alkyl carbamates (subject to hydrolysis) is 1. The van der Waals surface area contributed by atoms with Crippen molar-refractivity contribution >= 4 is 11.8 Å². The van der Waals surface area contributed by atoms with E-state index < -0.39 is 11.0 Å². The smallest absolute Gasteiger partial charge is 0.408 e. The number of rotatable bonds is 4. The van der Waals surface area contributed by atoms with Crippen molar-refractivity contribution < 1.29 is 14.5 Å². The first-order valence-corrected chi connectivity index (χ1v) is 6.83. The van der Waals surface area contributed by atoms with Gasteiger partial charge in [-0.1, -0.05) is 48.2 Å². The molecule has 0 unspecified atom stereocenters. The molecule has 0 spiro atoms. The van der Waals surface area contributed by atoms with Gasteiger partial charge < -0.3 is 10.1 Å². The minimum absolute atomic E-state index is 0.0213. The van der Waals surface area contributed by atoms with Crippen LogP contribution in [0.4, 0.5) is 10.5 Å². The van der Waals surface area contributed by atoms with Crippen molar-refractivity contribution in [3.63, 3.8) is 0 Å². The molecular weight excluding hydrogens is 296 g/mol. The molecule has 0 heterocycles. The lowest BCUT2D eigenvalue weighted by molar-refractivity contribution is -0.384. The lowest BCUT2D eigenvalue weighted by atomic mass is 10.2. The highest BCUT2D eigenvalue weighted by atomic mass is 16.6. The third-order valence-electron chi connectivity index (χ3n) is 2.82. The van der Waals surface area contributed by atoms with Crippen molar-refractivity contribution in [1.82, 2.24) is 5.32 Å². The first kappa shape index (κ1) is 16.0. The average molecular weight is 310 g/mol. The summed E-state index contributed by atoms with van der Waals surface area (Å²) in [7, 11) is 0. The Bertz CT molecular complexity index is 748. The van der Waals surface area contributed by atoms with E-state index in [1.807, 2.05) is 30.3 Å². The number of nitro benzene ring substituents is 1. The fourth-order valence-corrected chi connectivity index (χ4v) is 1.73. The number of nitro groups is 1. The lowest BCUT2D eigenvalue weighted by Crippen LogP contribution is -2.24. The van der Waals surface area contributed by atoms with Gasteiger partial charge in [-0.05, 0) is 11.6 Å². The quantitative estimate of drug-likeness (QED) is 0.535. The van der Waals surface area contributed by atoms with Crippen molar-refractivity contribution in [1.29, 1.82) is 0 Å².